The molecular weight excluding hydrogens is 240 g/mol. The summed E-state index contributed by atoms with van der Waals surface area (Å²) in [6, 6.07) is 5.36. The molecule has 1 fully saturated rings. The van der Waals surface area contributed by atoms with E-state index in [2.05, 4.69) is 5.32 Å². The molecule has 3 N–H and O–H groups in total. The van der Waals surface area contributed by atoms with Gasteiger partial charge in [0.05, 0.1) is 12.7 Å². The third-order valence-corrected chi connectivity index (χ3v) is 3.58. The number of nitrogens with two attached hydrogens (primary N) is 1. The van der Waals surface area contributed by atoms with Gasteiger partial charge in [-0.3, -0.25) is 4.79 Å². The summed E-state index contributed by atoms with van der Waals surface area (Å²) in [6.45, 7) is 3.05. The van der Waals surface area contributed by atoms with E-state index >= 15 is 0 Å². The number of ether oxygens (including phenoxy) is 1. The summed E-state index contributed by atoms with van der Waals surface area (Å²) in [5.41, 5.74) is 8.03. The van der Waals surface area contributed by atoms with Gasteiger partial charge in [0.1, 0.15) is 0 Å². The lowest BCUT2D eigenvalue weighted by Gasteiger charge is -2.11. The maximum Gasteiger partial charge on any atom is 0.251 e. The van der Waals surface area contributed by atoms with Crippen LogP contribution in [0.3, 0.4) is 0 Å². The molecule has 4 nitrogen and oxygen atoms in total. The Morgan fingerprint density at radius 2 is 2.16 bits per heavy atom. The molecule has 104 valence electrons. The van der Waals surface area contributed by atoms with E-state index < -0.39 is 0 Å². The smallest absolute Gasteiger partial charge is 0.251 e. The van der Waals surface area contributed by atoms with Gasteiger partial charge in [0.2, 0.25) is 0 Å². The number of benzene rings is 1. The van der Waals surface area contributed by atoms with Crippen LogP contribution in [0.15, 0.2) is 18.2 Å². The highest BCUT2D eigenvalue weighted by molar-refractivity contribution is 5.95. The SMILES string of the molecule is Cc1ccc(C(=O)NCCOC2CCCC2)cc1N. The average Bonchev–Trinajstić information content (AvgIpc) is 2.91. The first-order chi connectivity index (χ1) is 9.16. The fourth-order valence-electron chi connectivity index (χ4n) is 2.33. The fourth-order valence-corrected chi connectivity index (χ4v) is 2.33. The van der Waals surface area contributed by atoms with Crippen molar-refractivity contribution in [1.29, 1.82) is 0 Å². The molecule has 4 heteroatoms. The van der Waals surface area contributed by atoms with Crippen LogP contribution in [-0.4, -0.2) is 25.2 Å². The lowest BCUT2D eigenvalue weighted by atomic mass is 10.1. The standard InChI is InChI=1S/C15H22N2O2/c1-11-6-7-12(10-14(11)16)15(18)17-8-9-19-13-4-2-3-5-13/h6-7,10,13H,2-5,8-9,16H2,1H3,(H,17,18). The van der Waals surface area contributed by atoms with E-state index in [1.807, 2.05) is 13.0 Å². The quantitative estimate of drug-likeness (QED) is 0.632. The van der Waals surface area contributed by atoms with E-state index in [1.165, 1.54) is 12.8 Å². The molecule has 1 aromatic rings. The summed E-state index contributed by atoms with van der Waals surface area (Å²) < 4.78 is 5.69. The lowest BCUT2D eigenvalue weighted by Crippen LogP contribution is -2.28. The number of nitrogen functional groups attached to an aromatic ring is 1. The number of hydrogen-bond donors (Lipinski definition) is 2. The van der Waals surface area contributed by atoms with Crippen LogP contribution in [0.4, 0.5) is 5.69 Å². The van der Waals surface area contributed by atoms with E-state index in [9.17, 15) is 4.79 Å². The molecular formula is C15H22N2O2. The normalized spacial score (nSPS) is 15.6. The van der Waals surface area contributed by atoms with Crippen LogP contribution >= 0.6 is 0 Å². The maximum absolute atomic E-state index is 11.9. The Labute approximate surface area is 114 Å². The molecule has 0 aromatic heterocycles. The topological polar surface area (TPSA) is 64.3 Å². The molecule has 19 heavy (non-hydrogen) atoms. The number of rotatable bonds is 5. The second kappa shape index (κ2) is 6.57. The van der Waals surface area contributed by atoms with Gasteiger partial charge in [-0.2, -0.15) is 0 Å². The highest BCUT2D eigenvalue weighted by Crippen LogP contribution is 2.20. The lowest BCUT2D eigenvalue weighted by molar-refractivity contribution is 0.0582. The predicted octanol–water partition coefficient (Wildman–Crippen LogP) is 2.27. The average molecular weight is 262 g/mol. The van der Waals surface area contributed by atoms with E-state index in [0.717, 1.165) is 18.4 Å². The highest BCUT2D eigenvalue weighted by atomic mass is 16.5. The summed E-state index contributed by atoms with van der Waals surface area (Å²) in [4.78, 5) is 11.9. The minimum absolute atomic E-state index is 0.0956. The van der Waals surface area contributed by atoms with Crippen molar-refractivity contribution in [3.05, 3.63) is 29.3 Å². The maximum atomic E-state index is 11.9. The highest BCUT2D eigenvalue weighted by Gasteiger charge is 2.15. The third kappa shape index (κ3) is 3.96. The molecule has 1 aromatic carbocycles. The summed E-state index contributed by atoms with van der Waals surface area (Å²) in [7, 11) is 0. The van der Waals surface area contributed by atoms with Crippen LogP contribution in [0, 0.1) is 6.92 Å². The molecule has 0 atom stereocenters. The van der Waals surface area contributed by atoms with Crippen molar-refractivity contribution in [3.8, 4) is 0 Å². The summed E-state index contributed by atoms with van der Waals surface area (Å²) in [5, 5.41) is 2.85. The largest absolute Gasteiger partial charge is 0.398 e. The Kier molecular flexibility index (Phi) is 4.80. The number of carbonyl (C=O) groups is 1. The summed E-state index contributed by atoms with van der Waals surface area (Å²) >= 11 is 0. The van der Waals surface area contributed by atoms with Crippen LogP contribution < -0.4 is 11.1 Å². The van der Waals surface area contributed by atoms with Crippen molar-refractivity contribution >= 4 is 11.6 Å². The van der Waals surface area contributed by atoms with Crippen molar-refractivity contribution < 1.29 is 9.53 Å². The Morgan fingerprint density at radius 3 is 2.84 bits per heavy atom. The molecule has 0 saturated heterocycles. The second-order valence-corrected chi connectivity index (χ2v) is 5.10. The zero-order chi connectivity index (χ0) is 13.7. The molecule has 0 bridgehead atoms. The first kappa shape index (κ1) is 13.9. The first-order valence-corrected chi connectivity index (χ1v) is 6.93. The molecule has 0 aliphatic heterocycles. The molecule has 1 saturated carbocycles. The Hall–Kier alpha value is -1.55. The van der Waals surface area contributed by atoms with E-state index in [0.29, 0.717) is 30.5 Å². The molecule has 2 rings (SSSR count). The van der Waals surface area contributed by atoms with Crippen molar-refractivity contribution in [1.82, 2.24) is 5.32 Å². The zero-order valence-electron chi connectivity index (χ0n) is 11.4. The van der Waals surface area contributed by atoms with Crippen LogP contribution in [0.25, 0.3) is 0 Å². The monoisotopic (exact) mass is 262 g/mol. The van der Waals surface area contributed by atoms with Gasteiger partial charge < -0.3 is 15.8 Å². The zero-order valence-corrected chi connectivity index (χ0v) is 11.4. The third-order valence-electron chi connectivity index (χ3n) is 3.58. The molecule has 0 spiro atoms. The Balaban J connectivity index is 1.72. The number of amides is 1. The Morgan fingerprint density at radius 1 is 1.42 bits per heavy atom. The Bertz CT molecular complexity index is 440. The van der Waals surface area contributed by atoms with Gasteiger partial charge in [0.15, 0.2) is 0 Å². The van der Waals surface area contributed by atoms with E-state index in [1.54, 1.807) is 12.1 Å². The predicted molar refractivity (Wildman–Crippen MR) is 76.1 cm³/mol. The van der Waals surface area contributed by atoms with Crippen LogP contribution in [-0.2, 0) is 4.74 Å². The van der Waals surface area contributed by atoms with Gasteiger partial charge in [0, 0.05) is 17.8 Å². The first-order valence-electron chi connectivity index (χ1n) is 6.93. The minimum atomic E-state index is -0.0956. The number of carbonyl (C=O) groups excluding carboxylic acids is 1. The molecule has 0 heterocycles. The van der Waals surface area contributed by atoms with Gasteiger partial charge in [-0.05, 0) is 37.5 Å². The van der Waals surface area contributed by atoms with Gasteiger partial charge >= 0.3 is 0 Å². The number of anilines is 1. The van der Waals surface area contributed by atoms with Crippen molar-refractivity contribution in [2.75, 3.05) is 18.9 Å². The van der Waals surface area contributed by atoms with Crippen molar-refractivity contribution in [2.24, 2.45) is 0 Å². The van der Waals surface area contributed by atoms with Gasteiger partial charge in [-0.1, -0.05) is 18.9 Å². The van der Waals surface area contributed by atoms with Crippen molar-refractivity contribution in [3.63, 3.8) is 0 Å². The molecule has 0 unspecified atom stereocenters. The molecule has 1 amide bonds. The van der Waals surface area contributed by atoms with Gasteiger partial charge in [-0.15, -0.1) is 0 Å². The number of hydrogen-bond acceptors (Lipinski definition) is 3. The molecule has 1 aliphatic rings. The van der Waals surface area contributed by atoms with E-state index in [4.69, 9.17) is 10.5 Å². The second-order valence-electron chi connectivity index (χ2n) is 5.10. The van der Waals surface area contributed by atoms with Gasteiger partial charge in [0.25, 0.3) is 5.91 Å². The van der Waals surface area contributed by atoms with Gasteiger partial charge in [-0.25, -0.2) is 0 Å². The van der Waals surface area contributed by atoms with Crippen LogP contribution in [0.2, 0.25) is 0 Å². The number of aryl methyl sites for hydroxylation is 1. The molecule has 0 radical (unpaired) electrons. The summed E-state index contributed by atoms with van der Waals surface area (Å²) in [5.74, 6) is -0.0956. The van der Waals surface area contributed by atoms with Crippen LogP contribution in [0.5, 0.6) is 0 Å². The minimum Gasteiger partial charge on any atom is -0.398 e. The van der Waals surface area contributed by atoms with Crippen LogP contribution in [0.1, 0.15) is 41.6 Å². The van der Waals surface area contributed by atoms with Crippen molar-refractivity contribution in [2.45, 2.75) is 38.7 Å². The fraction of sp³-hybridized carbons (Fsp3) is 0.533. The number of nitrogens with one attached hydrogen (secondary N) is 1. The van der Waals surface area contributed by atoms with E-state index in [-0.39, 0.29) is 5.91 Å². The molecule has 1 aliphatic carbocycles. The summed E-state index contributed by atoms with van der Waals surface area (Å²) in [6.07, 6.45) is 5.23.